The van der Waals surface area contributed by atoms with Crippen LogP contribution in [0, 0.1) is 5.82 Å². The summed E-state index contributed by atoms with van der Waals surface area (Å²) in [4.78, 5) is 4.58. The summed E-state index contributed by atoms with van der Waals surface area (Å²) in [7, 11) is 0. The number of nitrogens with one attached hydrogen (secondary N) is 1. The summed E-state index contributed by atoms with van der Waals surface area (Å²) in [5.41, 5.74) is 3.79. The Hall–Kier alpha value is -4.66. The normalized spacial score (nSPS) is 17.1. The van der Waals surface area contributed by atoms with E-state index in [1.165, 1.54) is 12.1 Å². The number of aromatic nitrogens is 7. The molecule has 0 amide bonds. The van der Waals surface area contributed by atoms with Crippen LogP contribution in [0.1, 0.15) is 19.8 Å². The van der Waals surface area contributed by atoms with Crippen molar-refractivity contribution in [2.24, 2.45) is 0 Å². The van der Waals surface area contributed by atoms with Gasteiger partial charge in [-0.3, -0.25) is 0 Å². The van der Waals surface area contributed by atoms with Gasteiger partial charge in [-0.05, 0) is 66.9 Å². The van der Waals surface area contributed by atoms with Gasteiger partial charge in [0.25, 0.3) is 0 Å². The Labute approximate surface area is 206 Å². The highest BCUT2D eigenvalue weighted by Gasteiger charge is 2.25. The van der Waals surface area contributed by atoms with E-state index in [4.69, 9.17) is 5.10 Å². The van der Waals surface area contributed by atoms with Crippen LogP contribution in [0.5, 0.6) is 0 Å². The SMILES string of the molecule is CCC1(Nc2cc(-c3cn(-c4ccc5nncn5n4)nc3-c3ccc(F)cc3)ccn2)C=CC=CC1. The van der Waals surface area contributed by atoms with Crippen molar-refractivity contribution in [3.05, 3.63) is 97.4 Å². The van der Waals surface area contributed by atoms with Gasteiger partial charge in [0.15, 0.2) is 11.5 Å². The highest BCUT2D eigenvalue weighted by molar-refractivity contribution is 5.81. The first kappa shape index (κ1) is 21.8. The number of benzene rings is 1. The molecule has 1 aromatic carbocycles. The molecule has 8 nitrogen and oxygen atoms in total. The number of fused-ring (bicyclic) bond motifs is 1. The van der Waals surface area contributed by atoms with Crippen LogP contribution in [0.3, 0.4) is 0 Å². The van der Waals surface area contributed by atoms with Gasteiger partial charge >= 0.3 is 0 Å². The second-order valence-electron chi connectivity index (χ2n) is 8.72. The highest BCUT2D eigenvalue weighted by atomic mass is 19.1. The molecule has 9 heteroatoms. The summed E-state index contributed by atoms with van der Waals surface area (Å²) in [6.45, 7) is 2.16. The zero-order chi connectivity index (χ0) is 24.5. The fourth-order valence-electron chi connectivity index (χ4n) is 4.39. The summed E-state index contributed by atoms with van der Waals surface area (Å²) in [5.74, 6) is 1.08. The number of nitrogens with zero attached hydrogens (tertiary/aromatic N) is 7. The minimum absolute atomic E-state index is 0.178. The lowest BCUT2D eigenvalue weighted by Gasteiger charge is -2.32. The Morgan fingerprint density at radius 2 is 1.92 bits per heavy atom. The third-order valence-corrected chi connectivity index (χ3v) is 6.44. The van der Waals surface area contributed by atoms with Crippen molar-refractivity contribution >= 4 is 11.5 Å². The van der Waals surface area contributed by atoms with E-state index in [1.807, 2.05) is 30.5 Å². The minimum atomic E-state index is -0.297. The van der Waals surface area contributed by atoms with E-state index < -0.39 is 0 Å². The van der Waals surface area contributed by atoms with E-state index in [9.17, 15) is 4.39 Å². The third-order valence-electron chi connectivity index (χ3n) is 6.44. The molecule has 6 rings (SSSR count). The van der Waals surface area contributed by atoms with E-state index in [2.05, 4.69) is 56.8 Å². The fourth-order valence-corrected chi connectivity index (χ4v) is 4.39. The summed E-state index contributed by atoms with van der Waals surface area (Å²) < 4.78 is 17.0. The topological polar surface area (TPSA) is 85.8 Å². The standard InChI is InChI=1S/C27H23FN8/c1-2-27(13-4-3-5-14-27)31-23-16-20(12-15-29-23)22-17-35(25-11-10-24-32-30-18-36(24)33-25)34-26(22)19-6-8-21(28)9-7-19/h3-13,15-18H,2,14H2,1H3,(H,29,31). The molecule has 0 saturated carbocycles. The lowest BCUT2D eigenvalue weighted by Crippen LogP contribution is -2.36. The van der Waals surface area contributed by atoms with Gasteiger partial charge in [0.2, 0.25) is 0 Å². The molecule has 36 heavy (non-hydrogen) atoms. The Balaban J connectivity index is 1.44. The smallest absolute Gasteiger partial charge is 0.177 e. The van der Waals surface area contributed by atoms with Crippen molar-refractivity contribution in [3.63, 3.8) is 0 Å². The quantitative estimate of drug-likeness (QED) is 0.359. The Kier molecular flexibility index (Phi) is 5.37. The summed E-state index contributed by atoms with van der Waals surface area (Å²) in [6, 6.07) is 14.0. The van der Waals surface area contributed by atoms with Crippen molar-refractivity contribution in [1.82, 2.24) is 34.6 Å². The van der Waals surface area contributed by atoms with E-state index in [1.54, 1.807) is 33.9 Å². The maximum Gasteiger partial charge on any atom is 0.177 e. The first-order chi connectivity index (χ1) is 17.6. The number of rotatable bonds is 6. The second-order valence-corrected chi connectivity index (χ2v) is 8.72. The summed E-state index contributed by atoms with van der Waals surface area (Å²) in [5, 5.41) is 20.9. The summed E-state index contributed by atoms with van der Waals surface area (Å²) in [6.07, 6.45) is 15.6. The Bertz CT molecular complexity index is 1600. The van der Waals surface area contributed by atoms with Gasteiger partial charge in [0, 0.05) is 23.5 Å². The van der Waals surface area contributed by atoms with Crippen LogP contribution < -0.4 is 5.32 Å². The van der Waals surface area contributed by atoms with Gasteiger partial charge in [-0.15, -0.1) is 15.3 Å². The van der Waals surface area contributed by atoms with Crippen LogP contribution in [0.25, 0.3) is 33.8 Å². The molecule has 1 aliphatic rings. The average molecular weight is 479 g/mol. The van der Waals surface area contributed by atoms with Gasteiger partial charge in [-0.1, -0.05) is 31.2 Å². The van der Waals surface area contributed by atoms with E-state index in [0.717, 1.165) is 35.3 Å². The van der Waals surface area contributed by atoms with Gasteiger partial charge < -0.3 is 5.32 Å². The molecule has 1 aliphatic carbocycles. The molecule has 4 heterocycles. The molecule has 4 aromatic heterocycles. The van der Waals surface area contributed by atoms with Crippen molar-refractivity contribution in [1.29, 1.82) is 0 Å². The maximum atomic E-state index is 13.7. The molecular weight excluding hydrogens is 455 g/mol. The van der Waals surface area contributed by atoms with E-state index >= 15 is 0 Å². The fraction of sp³-hybridized carbons (Fsp3) is 0.148. The predicted molar refractivity (Wildman–Crippen MR) is 136 cm³/mol. The van der Waals surface area contributed by atoms with Crippen LogP contribution in [-0.4, -0.2) is 40.1 Å². The van der Waals surface area contributed by atoms with E-state index in [-0.39, 0.29) is 11.4 Å². The van der Waals surface area contributed by atoms with E-state index in [0.29, 0.717) is 17.2 Å². The van der Waals surface area contributed by atoms with Crippen molar-refractivity contribution < 1.29 is 4.39 Å². The first-order valence-electron chi connectivity index (χ1n) is 11.7. The number of allylic oxidation sites excluding steroid dienone is 2. The second kappa shape index (κ2) is 8.84. The monoisotopic (exact) mass is 478 g/mol. The molecule has 0 spiro atoms. The van der Waals surface area contributed by atoms with Gasteiger partial charge in [-0.25, -0.2) is 14.1 Å². The first-order valence-corrected chi connectivity index (χ1v) is 11.7. The van der Waals surface area contributed by atoms with Gasteiger partial charge in [0.1, 0.15) is 23.7 Å². The number of halogens is 1. The van der Waals surface area contributed by atoms with Crippen molar-refractivity contribution in [2.45, 2.75) is 25.3 Å². The van der Waals surface area contributed by atoms with Crippen LogP contribution in [0.4, 0.5) is 10.2 Å². The molecule has 0 aliphatic heterocycles. The van der Waals surface area contributed by atoms with Crippen molar-refractivity contribution in [2.75, 3.05) is 5.32 Å². The zero-order valence-corrected chi connectivity index (χ0v) is 19.6. The van der Waals surface area contributed by atoms with Crippen LogP contribution >= 0.6 is 0 Å². The molecule has 1 N–H and O–H groups in total. The Morgan fingerprint density at radius 1 is 1.03 bits per heavy atom. The predicted octanol–water partition coefficient (Wildman–Crippen LogP) is 5.25. The minimum Gasteiger partial charge on any atom is -0.361 e. The lowest BCUT2D eigenvalue weighted by molar-refractivity contribution is 0.555. The molecular formula is C27H23FN8. The average Bonchev–Trinajstić information content (AvgIpc) is 3.57. The largest absolute Gasteiger partial charge is 0.361 e. The van der Waals surface area contributed by atoms with Gasteiger partial charge in [0.05, 0.1) is 5.54 Å². The molecule has 0 radical (unpaired) electrons. The molecule has 5 aromatic rings. The summed E-state index contributed by atoms with van der Waals surface area (Å²) >= 11 is 0. The molecule has 178 valence electrons. The number of pyridine rings is 1. The van der Waals surface area contributed by atoms with Crippen LogP contribution in [0.15, 0.2) is 91.6 Å². The maximum absolute atomic E-state index is 13.7. The zero-order valence-electron chi connectivity index (χ0n) is 19.6. The molecule has 0 bridgehead atoms. The Morgan fingerprint density at radius 3 is 2.72 bits per heavy atom. The number of hydrogen-bond acceptors (Lipinski definition) is 6. The molecule has 0 fully saturated rings. The highest BCUT2D eigenvalue weighted by Crippen LogP contribution is 2.34. The van der Waals surface area contributed by atoms with Crippen LogP contribution in [0.2, 0.25) is 0 Å². The number of hydrogen-bond donors (Lipinski definition) is 1. The third kappa shape index (κ3) is 4.04. The lowest BCUT2D eigenvalue weighted by atomic mass is 9.88. The van der Waals surface area contributed by atoms with Gasteiger partial charge in [-0.2, -0.15) is 9.61 Å². The van der Waals surface area contributed by atoms with Crippen LogP contribution in [-0.2, 0) is 0 Å². The number of anilines is 1. The molecule has 1 unspecified atom stereocenters. The van der Waals surface area contributed by atoms with Crippen molar-refractivity contribution in [3.8, 4) is 28.2 Å². The molecule has 0 saturated heterocycles. The molecule has 1 atom stereocenters.